The highest BCUT2D eigenvalue weighted by Crippen LogP contribution is 2.47. The van der Waals surface area contributed by atoms with Crippen LogP contribution in [-0.2, 0) is 4.79 Å². The Morgan fingerprint density at radius 1 is 1.33 bits per heavy atom. The summed E-state index contributed by atoms with van der Waals surface area (Å²) in [6.07, 6.45) is -3.73. The maximum absolute atomic E-state index is 11.9. The van der Waals surface area contributed by atoms with Crippen molar-refractivity contribution in [1.29, 1.82) is 0 Å². The Morgan fingerprint density at radius 3 is 2.50 bits per heavy atom. The van der Waals surface area contributed by atoms with Gasteiger partial charge in [0.1, 0.15) is 6.54 Å². The fourth-order valence-electron chi connectivity index (χ4n) is 1.88. The van der Waals surface area contributed by atoms with Crippen molar-refractivity contribution in [1.82, 2.24) is 5.32 Å². The summed E-state index contributed by atoms with van der Waals surface area (Å²) in [5.41, 5.74) is 0.991. The molecule has 2 atom stereocenters. The Kier molecular flexibility index (Phi) is 3.66. The fourth-order valence-corrected chi connectivity index (χ4v) is 2.15. The van der Waals surface area contributed by atoms with Crippen molar-refractivity contribution < 1.29 is 18.0 Å². The minimum atomic E-state index is -4.35. The van der Waals surface area contributed by atoms with Crippen molar-refractivity contribution in [3.63, 3.8) is 0 Å². The molecule has 1 aromatic rings. The van der Waals surface area contributed by atoms with Crippen LogP contribution in [0.15, 0.2) is 28.7 Å². The SMILES string of the molecule is O=C(NCC(F)(F)F)[C@@H]1C[C@@H]1c1ccc(Br)cc1. The minimum Gasteiger partial charge on any atom is -0.347 e. The Labute approximate surface area is 111 Å². The van der Waals surface area contributed by atoms with Crippen LogP contribution in [0, 0.1) is 5.92 Å². The second-order valence-corrected chi connectivity index (χ2v) is 5.25. The molecule has 0 aromatic heterocycles. The van der Waals surface area contributed by atoms with E-state index in [2.05, 4.69) is 15.9 Å². The van der Waals surface area contributed by atoms with Crippen molar-refractivity contribution in [2.45, 2.75) is 18.5 Å². The molecule has 1 aliphatic rings. The van der Waals surface area contributed by atoms with Gasteiger partial charge in [0.05, 0.1) is 0 Å². The van der Waals surface area contributed by atoms with Gasteiger partial charge in [0.2, 0.25) is 5.91 Å². The predicted molar refractivity (Wildman–Crippen MR) is 64.1 cm³/mol. The number of hydrogen-bond acceptors (Lipinski definition) is 1. The molecule has 1 aliphatic carbocycles. The zero-order valence-electron chi connectivity index (χ0n) is 9.30. The number of carbonyl (C=O) groups is 1. The van der Waals surface area contributed by atoms with Crippen LogP contribution in [-0.4, -0.2) is 18.6 Å². The first-order valence-electron chi connectivity index (χ1n) is 5.47. The molecule has 98 valence electrons. The van der Waals surface area contributed by atoms with Gasteiger partial charge in [0.15, 0.2) is 0 Å². The van der Waals surface area contributed by atoms with Gasteiger partial charge in [-0.05, 0) is 30.0 Å². The molecule has 1 amide bonds. The minimum absolute atomic E-state index is 0.0475. The molecular formula is C12H11BrF3NO. The molecule has 1 N–H and O–H groups in total. The number of carbonyl (C=O) groups excluding carboxylic acids is 1. The molecule has 18 heavy (non-hydrogen) atoms. The molecule has 0 saturated heterocycles. The maximum Gasteiger partial charge on any atom is 0.405 e. The Hall–Kier alpha value is -1.04. The molecule has 0 radical (unpaired) electrons. The number of alkyl halides is 3. The lowest BCUT2D eigenvalue weighted by atomic mass is 10.1. The first kappa shape index (κ1) is 13.4. The summed E-state index contributed by atoms with van der Waals surface area (Å²) in [5, 5.41) is 1.92. The largest absolute Gasteiger partial charge is 0.405 e. The molecule has 2 nitrogen and oxygen atoms in total. The summed E-state index contributed by atoms with van der Waals surface area (Å²) >= 11 is 3.30. The first-order chi connectivity index (χ1) is 8.37. The number of hydrogen-bond donors (Lipinski definition) is 1. The molecule has 0 unspecified atom stereocenters. The average Bonchev–Trinajstić information content (AvgIpc) is 3.06. The Balaban J connectivity index is 1.87. The fraction of sp³-hybridized carbons (Fsp3) is 0.417. The molecule has 2 rings (SSSR count). The molecular weight excluding hydrogens is 311 g/mol. The third kappa shape index (κ3) is 3.48. The third-order valence-electron chi connectivity index (χ3n) is 2.89. The molecule has 1 saturated carbocycles. The average molecular weight is 322 g/mol. The van der Waals surface area contributed by atoms with Gasteiger partial charge in [-0.2, -0.15) is 13.2 Å². The second-order valence-electron chi connectivity index (χ2n) is 4.33. The van der Waals surface area contributed by atoms with Crippen molar-refractivity contribution in [2.24, 2.45) is 5.92 Å². The van der Waals surface area contributed by atoms with E-state index in [1.807, 2.05) is 29.6 Å². The highest BCUT2D eigenvalue weighted by molar-refractivity contribution is 9.10. The normalized spacial score (nSPS) is 22.7. The van der Waals surface area contributed by atoms with Crippen LogP contribution >= 0.6 is 15.9 Å². The number of nitrogens with one attached hydrogen (secondary N) is 1. The van der Waals surface area contributed by atoms with Crippen molar-refractivity contribution >= 4 is 21.8 Å². The number of amides is 1. The topological polar surface area (TPSA) is 29.1 Å². The van der Waals surface area contributed by atoms with Crippen LogP contribution in [0.5, 0.6) is 0 Å². The highest BCUT2D eigenvalue weighted by atomic mass is 79.9. The van der Waals surface area contributed by atoms with Gasteiger partial charge in [-0.25, -0.2) is 0 Å². The van der Waals surface area contributed by atoms with Gasteiger partial charge in [0.25, 0.3) is 0 Å². The molecule has 0 bridgehead atoms. The third-order valence-corrected chi connectivity index (χ3v) is 3.42. The van der Waals surface area contributed by atoms with E-state index in [-0.39, 0.29) is 11.8 Å². The van der Waals surface area contributed by atoms with Gasteiger partial charge in [-0.3, -0.25) is 4.79 Å². The summed E-state index contributed by atoms with van der Waals surface area (Å²) < 4.78 is 36.8. The van der Waals surface area contributed by atoms with E-state index in [0.717, 1.165) is 10.0 Å². The van der Waals surface area contributed by atoms with Crippen LogP contribution < -0.4 is 5.32 Å². The van der Waals surface area contributed by atoms with Crippen molar-refractivity contribution in [2.75, 3.05) is 6.54 Å². The van der Waals surface area contributed by atoms with E-state index in [1.165, 1.54) is 0 Å². The van der Waals surface area contributed by atoms with E-state index in [4.69, 9.17) is 0 Å². The van der Waals surface area contributed by atoms with Crippen molar-refractivity contribution in [3.05, 3.63) is 34.3 Å². The van der Waals surface area contributed by atoms with Crippen LogP contribution in [0.4, 0.5) is 13.2 Å². The lowest BCUT2D eigenvalue weighted by molar-refractivity contribution is -0.139. The van der Waals surface area contributed by atoms with E-state index in [9.17, 15) is 18.0 Å². The summed E-state index contributed by atoms with van der Waals surface area (Å²) in [5.74, 6) is -0.792. The lowest BCUT2D eigenvalue weighted by Crippen LogP contribution is -2.34. The molecule has 6 heteroatoms. The highest BCUT2D eigenvalue weighted by Gasteiger charge is 2.44. The number of rotatable bonds is 3. The van der Waals surface area contributed by atoms with Crippen LogP contribution in [0.25, 0.3) is 0 Å². The lowest BCUT2D eigenvalue weighted by Gasteiger charge is -2.08. The van der Waals surface area contributed by atoms with E-state index in [0.29, 0.717) is 6.42 Å². The van der Waals surface area contributed by atoms with Gasteiger partial charge < -0.3 is 5.32 Å². The molecule has 0 aliphatic heterocycles. The zero-order chi connectivity index (χ0) is 13.3. The molecule has 1 fully saturated rings. The van der Waals surface area contributed by atoms with Gasteiger partial charge in [-0.15, -0.1) is 0 Å². The van der Waals surface area contributed by atoms with E-state index < -0.39 is 18.6 Å². The number of benzene rings is 1. The summed E-state index contributed by atoms with van der Waals surface area (Å²) in [4.78, 5) is 11.5. The smallest absolute Gasteiger partial charge is 0.347 e. The van der Waals surface area contributed by atoms with Gasteiger partial charge in [-0.1, -0.05) is 28.1 Å². The van der Waals surface area contributed by atoms with Gasteiger partial charge in [0, 0.05) is 10.4 Å². The summed E-state index contributed by atoms with van der Waals surface area (Å²) in [7, 11) is 0. The quantitative estimate of drug-likeness (QED) is 0.909. The number of halogens is 4. The second kappa shape index (κ2) is 4.91. The monoisotopic (exact) mass is 321 g/mol. The van der Waals surface area contributed by atoms with Crippen molar-refractivity contribution in [3.8, 4) is 0 Å². The maximum atomic E-state index is 11.9. The molecule has 0 spiro atoms. The van der Waals surface area contributed by atoms with Gasteiger partial charge >= 0.3 is 6.18 Å². The van der Waals surface area contributed by atoms with Crippen LogP contribution in [0.3, 0.4) is 0 Å². The van der Waals surface area contributed by atoms with Crippen LogP contribution in [0.2, 0.25) is 0 Å². The predicted octanol–water partition coefficient (Wildman–Crippen LogP) is 3.23. The Morgan fingerprint density at radius 2 is 1.94 bits per heavy atom. The first-order valence-corrected chi connectivity index (χ1v) is 6.26. The zero-order valence-corrected chi connectivity index (χ0v) is 10.9. The summed E-state index contributed by atoms with van der Waals surface area (Å²) in [6.45, 7) is -1.25. The van der Waals surface area contributed by atoms with E-state index >= 15 is 0 Å². The Bertz CT molecular complexity index is 444. The van der Waals surface area contributed by atoms with E-state index in [1.54, 1.807) is 0 Å². The van der Waals surface area contributed by atoms with Crippen LogP contribution in [0.1, 0.15) is 17.9 Å². The summed E-state index contributed by atoms with van der Waals surface area (Å²) in [6, 6.07) is 7.48. The molecule has 1 aromatic carbocycles. The standard InChI is InChI=1S/C12H11BrF3NO/c13-8-3-1-7(2-4-8)9-5-10(9)11(18)17-6-12(14,15)16/h1-4,9-10H,5-6H2,(H,17,18)/t9-,10-/m1/s1. The molecule has 0 heterocycles.